The van der Waals surface area contributed by atoms with E-state index in [2.05, 4.69) is 21.4 Å². The third-order valence-electron chi connectivity index (χ3n) is 2.96. The molecule has 1 heterocycles. The van der Waals surface area contributed by atoms with Crippen molar-refractivity contribution < 1.29 is 4.39 Å². The molecule has 85 valence electrons. The van der Waals surface area contributed by atoms with E-state index in [4.69, 9.17) is 0 Å². The molecule has 0 saturated carbocycles. The number of rotatable bonds is 2. The molecule has 1 unspecified atom stereocenters. The Kier molecular flexibility index (Phi) is 2.48. The number of hydrogen-bond donors (Lipinski definition) is 1. The fourth-order valence-corrected chi connectivity index (χ4v) is 2.21. The zero-order chi connectivity index (χ0) is 11.7. The van der Waals surface area contributed by atoms with Crippen LogP contribution < -0.4 is 5.32 Å². The molecule has 1 radical (unpaired) electrons. The Bertz CT molecular complexity index is 527. The topological polar surface area (TPSA) is 37.8 Å². The lowest BCUT2D eigenvalue weighted by atomic mass is 10.1. The zero-order valence-electron chi connectivity index (χ0n) is 9.15. The second-order valence-corrected chi connectivity index (χ2v) is 4.17. The minimum atomic E-state index is -0.171. The highest BCUT2D eigenvalue weighted by atomic mass is 19.1. The molecule has 1 aliphatic carbocycles. The summed E-state index contributed by atoms with van der Waals surface area (Å²) in [6.07, 6.45) is 4.86. The van der Waals surface area contributed by atoms with E-state index in [0.717, 1.165) is 18.4 Å². The summed E-state index contributed by atoms with van der Waals surface area (Å²) in [6.45, 7) is 0. The first kappa shape index (κ1) is 10.2. The highest BCUT2D eigenvalue weighted by molar-refractivity contribution is 5.38. The Morgan fingerprint density at radius 2 is 1.94 bits per heavy atom. The number of aromatic nitrogens is 2. The minimum absolute atomic E-state index is 0.171. The van der Waals surface area contributed by atoms with Gasteiger partial charge in [-0.05, 0) is 36.1 Å². The minimum Gasteiger partial charge on any atom is -0.351 e. The predicted octanol–water partition coefficient (Wildman–Crippen LogP) is 2.00. The fourth-order valence-electron chi connectivity index (χ4n) is 2.21. The number of benzene rings is 1. The van der Waals surface area contributed by atoms with Crippen molar-refractivity contribution in [1.82, 2.24) is 9.97 Å². The van der Waals surface area contributed by atoms with Gasteiger partial charge in [0.2, 0.25) is 5.95 Å². The van der Waals surface area contributed by atoms with Crippen LogP contribution in [0.2, 0.25) is 0 Å². The maximum Gasteiger partial charge on any atom is 0.222 e. The standard InChI is InChI=1S/C13H11FN3/c14-11-3-2-9-7-12(8-10(9)6-11)17-13-15-4-1-5-16-13/h2-6,12H,7-8H2,(H,15,16,17). The van der Waals surface area contributed by atoms with E-state index in [1.165, 1.54) is 11.6 Å². The van der Waals surface area contributed by atoms with Gasteiger partial charge in [0.1, 0.15) is 5.82 Å². The van der Waals surface area contributed by atoms with Crippen molar-refractivity contribution in [2.45, 2.75) is 18.9 Å². The van der Waals surface area contributed by atoms with Crippen LogP contribution in [0, 0.1) is 11.9 Å². The van der Waals surface area contributed by atoms with Crippen molar-refractivity contribution in [3.63, 3.8) is 0 Å². The number of hydrogen-bond acceptors (Lipinski definition) is 3. The van der Waals surface area contributed by atoms with Crippen LogP contribution in [0.4, 0.5) is 10.3 Å². The number of fused-ring (bicyclic) bond motifs is 1. The van der Waals surface area contributed by atoms with Crippen LogP contribution in [-0.2, 0) is 12.8 Å². The molecule has 0 amide bonds. The van der Waals surface area contributed by atoms with Crippen molar-refractivity contribution in [3.05, 3.63) is 53.6 Å². The van der Waals surface area contributed by atoms with Gasteiger partial charge in [-0.25, -0.2) is 14.4 Å². The van der Waals surface area contributed by atoms with Gasteiger partial charge >= 0.3 is 0 Å². The monoisotopic (exact) mass is 228 g/mol. The molecule has 1 aliphatic rings. The van der Waals surface area contributed by atoms with Gasteiger partial charge in [-0.1, -0.05) is 6.07 Å². The maximum absolute atomic E-state index is 13.1. The zero-order valence-corrected chi connectivity index (χ0v) is 9.15. The van der Waals surface area contributed by atoms with Gasteiger partial charge in [0.05, 0.1) is 0 Å². The summed E-state index contributed by atoms with van der Waals surface area (Å²) in [4.78, 5) is 8.14. The molecule has 0 bridgehead atoms. The Morgan fingerprint density at radius 3 is 2.76 bits per heavy atom. The first-order valence-electron chi connectivity index (χ1n) is 5.53. The molecule has 0 saturated heterocycles. The third-order valence-corrected chi connectivity index (χ3v) is 2.96. The van der Waals surface area contributed by atoms with Crippen molar-refractivity contribution in [3.8, 4) is 0 Å². The van der Waals surface area contributed by atoms with Crippen LogP contribution in [0.15, 0.2) is 30.6 Å². The van der Waals surface area contributed by atoms with Crippen molar-refractivity contribution in [2.24, 2.45) is 0 Å². The van der Waals surface area contributed by atoms with E-state index in [9.17, 15) is 4.39 Å². The van der Waals surface area contributed by atoms with Crippen LogP contribution >= 0.6 is 0 Å². The average Bonchev–Trinajstić information content (AvgIpc) is 2.71. The molecule has 1 atom stereocenters. The molecule has 4 heteroatoms. The molecule has 1 aromatic heterocycles. The fraction of sp³-hybridized carbons (Fsp3) is 0.231. The highest BCUT2D eigenvalue weighted by Crippen LogP contribution is 2.24. The summed E-state index contributed by atoms with van der Waals surface area (Å²) < 4.78 is 13.1. The Balaban J connectivity index is 1.74. The first-order chi connectivity index (χ1) is 8.31. The van der Waals surface area contributed by atoms with Crippen LogP contribution in [0.25, 0.3) is 0 Å². The van der Waals surface area contributed by atoms with Gasteiger partial charge < -0.3 is 5.32 Å². The SMILES string of the molecule is Fc1ccc2c(c1)CC(Nc1nc[c]cn1)C2. The van der Waals surface area contributed by atoms with E-state index >= 15 is 0 Å². The lowest BCUT2D eigenvalue weighted by Gasteiger charge is -2.10. The molecule has 1 aromatic carbocycles. The van der Waals surface area contributed by atoms with Crippen molar-refractivity contribution in [1.29, 1.82) is 0 Å². The van der Waals surface area contributed by atoms with Gasteiger partial charge in [-0.3, -0.25) is 0 Å². The molecular formula is C13H11FN3. The molecule has 1 N–H and O–H groups in total. The molecule has 3 rings (SSSR count). The Labute approximate surface area is 98.7 Å². The first-order valence-corrected chi connectivity index (χ1v) is 5.53. The van der Waals surface area contributed by atoms with Crippen LogP contribution in [0.1, 0.15) is 11.1 Å². The summed E-state index contributed by atoms with van der Waals surface area (Å²) in [5.74, 6) is 0.428. The van der Waals surface area contributed by atoms with E-state index in [1.807, 2.05) is 6.07 Å². The highest BCUT2D eigenvalue weighted by Gasteiger charge is 2.22. The summed E-state index contributed by atoms with van der Waals surface area (Å²) in [5, 5.41) is 3.24. The van der Waals surface area contributed by atoms with E-state index < -0.39 is 0 Å². The van der Waals surface area contributed by atoms with Crippen LogP contribution in [-0.4, -0.2) is 16.0 Å². The second-order valence-electron chi connectivity index (χ2n) is 4.17. The van der Waals surface area contributed by atoms with Gasteiger partial charge in [-0.15, -0.1) is 0 Å². The summed E-state index contributed by atoms with van der Waals surface area (Å²) in [6, 6.07) is 7.99. The third kappa shape index (κ3) is 2.11. The molecule has 0 spiro atoms. The van der Waals surface area contributed by atoms with E-state index in [1.54, 1.807) is 18.5 Å². The molecule has 0 fully saturated rings. The lowest BCUT2D eigenvalue weighted by molar-refractivity contribution is 0.625. The number of nitrogens with zero attached hydrogens (tertiary/aromatic N) is 2. The average molecular weight is 228 g/mol. The molecule has 2 aromatic rings. The maximum atomic E-state index is 13.1. The van der Waals surface area contributed by atoms with Gasteiger partial charge in [-0.2, -0.15) is 0 Å². The molecule has 0 aliphatic heterocycles. The molecule has 3 nitrogen and oxygen atoms in total. The van der Waals surface area contributed by atoms with Gasteiger partial charge in [0, 0.05) is 24.5 Å². The Morgan fingerprint density at radius 1 is 1.18 bits per heavy atom. The summed E-state index contributed by atoms with van der Waals surface area (Å²) in [5.41, 5.74) is 2.27. The number of nitrogens with one attached hydrogen (secondary N) is 1. The van der Waals surface area contributed by atoms with Crippen LogP contribution in [0.3, 0.4) is 0 Å². The predicted molar refractivity (Wildman–Crippen MR) is 62.1 cm³/mol. The number of halogens is 1. The van der Waals surface area contributed by atoms with Gasteiger partial charge in [0.15, 0.2) is 0 Å². The smallest absolute Gasteiger partial charge is 0.222 e. The van der Waals surface area contributed by atoms with E-state index in [0.29, 0.717) is 5.95 Å². The number of anilines is 1. The molecule has 17 heavy (non-hydrogen) atoms. The lowest BCUT2D eigenvalue weighted by Crippen LogP contribution is -2.20. The van der Waals surface area contributed by atoms with Gasteiger partial charge in [0.25, 0.3) is 0 Å². The quantitative estimate of drug-likeness (QED) is 0.854. The Hall–Kier alpha value is -1.97. The van der Waals surface area contributed by atoms with E-state index in [-0.39, 0.29) is 11.9 Å². The van der Waals surface area contributed by atoms with Crippen molar-refractivity contribution >= 4 is 5.95 Å². The normalized spacial score (nSPS) is 17.8. The van der Waals surface area contributed by atoms with Crippen molar-refractivity contribution in [2.75, 3.05) is 5.32 Å². The second kappa shape index (κ2) is 4.13. The summed E-state index contributed by atoms with van der Waals surface area (Å²) in [7, 11) is 0. The molecular weight excluding hydrogens is 217 g/mol. The van der Waals surface area contributed by atoms with Crippen LogP contribution in [0.5, 0.6) is 0 Å². The summed E-state index contributed by atoms with van der Waals surface area (Å²) >= 11 is 0. The largest absolute Gasteiger partial charge is 0.351 e.